The molecule has 2 aromatic carbocycles. The van der Waals surface area contributed by atoms with Crippen molar-refractivity contribution in [1.29, 1.82) is 5.26 Å². The lowest BCUT2D eigenvalue weighted by Crippen LogP contribution is -2.41. The van der Waals surface area contributed by atoms with Crippen molar-refractivity contribution in [2.75, 3.05) is 18.5 Å². The first kappa shape index (κ1) is 20.5. The van der Waals surface area contributed by atoms with Gasteiger partial charge in [-0.25, -0.2) is 4.79 Å². The highest BCUT2D eigenvalue weighted by atomic mass is 19.4. The van der Waals surface area contributed by atoms with Crippen LogP contribution in [0.5, 0.6) is 5.75 Å². The summed E-state index contributed by atoms with van der Waals surface area (Å²) in [6.45, 7) is 0.467. The number of amides is 2. The number of halogens is 3. The highest BCUT2D eigenvalue weighted by Crippen LogP contribution is 2.34. The van der Waals surface area contributed by atoms with Gasteiger partial charge < -0.3 is 15.0 Å². The van der Waals surface area contributed by atoms with Crippen molar-refractivity contribution in [3.63, 3.8) is 0 Å². The minimum absolute atomic E-state index is 0.0612. The SMILES string of the molecule is N#CCOc1ccc(NC(=O)N2CCCC[C@@H]2c2ccc(C(F)(F)F)cc2)cc1. The first-order valence-electron chi connectivity index (χ1n) is 9.23. The average molecular weight is 403 g/mol. The van der Waals surface area contributed by atoms with Crippen LogP contribution in [0, 0.1) is 11.3 Å². The highest BCUT2D eigenvalue weighted by Gasteiger charge is 2.32. The molecule has 8 heteroatoms. The Kier molecular flexibility index (Phi) is 6.27. The molecule has 1 heterocycles. The topological polar surface area (TPSA) is 65.4 Å². The molecule has 0 aliphatic carbocycles. The van der Waals surface area contributed by atoms with Crippen molar-refractivity contribution < 1.29 is 22.7 Å². The van der Waals surface area contributed by atoms with Gasteiger partial charge in [-0.15, -0.1) is 0 Å². The van der Waals surface area contributed by atoms with Crippen molar-refractivity contribution in [2.24, 2.45) is 0 Å². The van der Waals surface area contributed by atoms with Crippen LogP contribution in [-0.4, -0.2) is 24.1 Å². The van der Waals surface area contributed by atoms with Crippen molar-refractivity contribution in [2.45, 2.75) is 31.5 Å². The molecule has 1 atom stereocenters. The largest absolute Gasteiger partial charge is 0.479 e. The fourth-order valence-corrected chi connectivity index (χ4v) is 3.36. The summed E-state index contributed by atoms with van der Waals surface area (Å²) < 4.78 is 43.6. The van der Waals surface area contributed by atoms with Gasteiger partial charge in [0, 0.05) is 12.2 Å². The number of hydrogen-bond acceptors (Lipinski definition) is 3. The molecule has 1 N–H and O–H groups in total. The van der Waals surface area contributed by atoms with Crippen LogP contribution in [0.4, 0.5) is 23.7 Å². The minimum atomic E-state index is -4.38. The number of ether oxygens (including phenoxy) is 1. The maximum Gasteiger partial charge on any atom is 0.416 e. The van der Waals surface area contributed by atoms with Gasteiger partial charge in [-0.3, -0.25) is 0 Å². The van der Waals surface area contributed by atoms with E-state index in [0.29, 0.717) is 30.0 Å². The van der Waals surface area contributed by atoms with Gasteiger partial charge in [0.25, 0.3) is 0 Å². The molecule has 0 saturated carbocycles. The second-order valence-corrected chi connectivity index (χ2v) is 6.73. The molecule has 2 aromatic rings. The Bertz CT molecular complexity index is 874. The van der Waals surface area contributed by atoms with Crippen LogP contribution < -0.4 is 10.1 Å². The zero-order valence-electron chi connectivity index (χ0n) is 15.6. The van der Waals surface area contributed by atoms with Crippen molar-refractivity contribution in [3.05, 3.63) is 59.7 Å². The molecule has 2 amide bonds. The number of benzene rings is 2. The van der Waals surface area contributed by atoms with Gasteiger partial charge in [0.15, 0.2) is 6.61 Å². The van der Waals surface area contributed by atoms with Gasteiger partial charge in [-0.05, 0) is 61.2 Å². The molecule has 1 aliphatic heterocycles. The fraction of sp³-hybridized carbons (Fsp3) is 0.333. The summed E-state index contributed by atoms with van der Waals surface area (Å²) in [5, 5.41) is 11.3. The fourth-order valence-electron chi connectivity index (χ4n) is 3.36. The predicted octanol–water partition coefficient (Wildman–Crippen LogP) is 5.37. The van der Waals surface area contributed by atoms with Gasteiger partial charge >= 0.3 is 12.2 Å². The third-order valence-electron chi connectivity index (χ3n) is 4.80. The summed E-state index contributed by atoms with van der Waals surface area (Å²) in [5.41, 5.74) is 0.552. The Morgan fingerprint density at radius 1 is 1.14 bits per heavy atom. The molecule has 3 rings (SSSR count). The van der Waals surface area contributed by atoms with Crippen molar-refractivity contribution in [3.8, 4) is 11.8 Å². The Morgan fingerprint density at radius 3 is 2.45 bits per heavy atom. The van der Waals surface area contributed by atoms with Crippen LogP contribution in [0.3, 0.4) is 0 Å². The minimum Gasteiger partial charge on any atom is -0.479 e. The van der Waals surface area contributed by atoms with Gasteiger partial charge in [0.2, 0.25) is 0 Å². The molecule has 0 radical (unpaired) electrons. The summed E-state index contributed by atoms with van der Waals surface area (Å²) in [4.78, 5) is 14.5. The lowest BCUT2D eigenvalue weighted by atomic mass is 9.95. The Balaban J connectivity index is 1.70. The number of urea groups is 1. The van der Waals surface area contributed by atoms with Crippen molar-refractivity contribution in [1.82, 2.24) is 4.90 Å². The zero-order valence-corrected chi connectivity index (χ0v) is 15.6. The standard InChI is InChI=1S/C21H20F3N3O2/c22-21(23,24)16-6-4-15(5-7-16)19-3-1-2-13-27(19)20(28)26-17-8-10-18(11-9-17)29-14-12-25/h4-11,19H,1-3,13-14H2,(H,26,28)/t19-/m1/s1. The number of nitriles is 1. The van der Waals surface area contributed by atoms with Crippen molar-refractivity contribution >= 4 is 11.7 Å². The van der Waals surface area contributed by atoms with Gasteiger partial charge in [0.1, 0.15) is 11.8 Å². The number of carbonyl (C=O) groups is 1. The van der Waals surface area contributed by atoms with E-state index in [1.165, 1.54) is 12.1 Å². The summed E-state index contributed by atoms with van der Waals surface area (Å²) in [7, 11) is 0. The Labute approximate surface area is 166 Å². The average Bonchev–Trinajstić information content (AvgIpc) is 2.73. The number of alkyl halides is 3. The normalized spacial score (nSPS) is 16.8. The summed E-state index contributed by atoms with van der Waals surface area (Å²) in [6, 6.07) is 12.9. The first-order chi connectivity index (χ1) is 13.9. The third-order valence-corrected chi connectivity index (χ3v) is 4.80. The van der Waals surface area contributed by atoms with Gasteiger partial charge in [-0.1, -0.05) is 12.1 Å². The molecule has 0 bridgehead atoms. The van der Waals surface area contributed by atoms with E-state index in [-0.39, 0.29) is 18.7 Å². The molecule has 0 unspecified atom stereocenters. The molecule has 152 valence electrons. The monoisotopic (exact) mass is 403 g/mol. The molecular weight excluding hydrogens is 383 g/mol. The molecule has 0 aromatic heterocycles. The molecule has 1 fully saturated rings. The van der Waals surface area contributed by atoms with Crippen LogP contribution in [0.1, 0.15) is 36.4 Å². The maximum atomic E-state index is 12.8. The molecule has 5 nitrogen and oxygen atoms in total. The number of nitrogens with zero attached hydrogens (tertiary/aromatic N) is 2. The molecule has 1 saturated heterocycles. The maximum absolute atomic E-state index is 12.8. The lowest BCUT2D eigenvalue weighted by molar-refractivity contribution is -0.137. The van der Waals surface area contributed by atoms with E-state index in [2.05, 4.69) is 5.32 Å². The van der Waals surface area contributed by atoms with Crippen LogP contribution in [0.15, 0.2) is 48.5 Å². The van der Waals surface area contributed by atoms with E-state index in [1.54, 1.807) is 29.2 Å². The van der Waals surface area contributed by atoms with E-state index in [1.807, 2.05) is 6.07 Å². The van der Waals surface area contributed by atoms with E-state index in [4.69, 9.17) is 10.00 Å². The number of hydrogen-bond donors (Lipinski definition) is 1. The lowest BCUT2D eigenvalue weighted by Gasteiger charge is -2.36. The van der Waals surface area contributed by atoms with Crippen LogP contribution in [0.25, 0.3) is 0 Å². The van der Waals surface area contributed by atoms with Crippen LogP contribution in [-0.2, 0) is 6.18 Å². The van der Waals surface area contributed by atoms with Gasteiger partial charge in [0.05, 0.1) is 11.6 Å². The van der Waals surface area contributed by atoms with E-state index < -0.39 is 11.7 Å². The zero-order chi connectivity index (χ0) is 20.9. The van der Waals surface area contributed by atoms with Gasteiger partial charge in [-0.2, -0.15) is 18.4 Å². The number of piperidine rings is 1. The summed E-state index contributed by atoms with van der Waals surface area (Å²) in [6.07, 6.45) is -1.95. The Hall–Kier alpha value is -3.21. The van der Waals surface area contributed by atoms with E-state index in [9.17, 15) is 18.0 Å². The first-order valence-corrected chi connectivity index (χ1v) is 9.23. The molecule has 0 spiro atoms. The predicted molar refractivity (Wildman–Crippen MR) is 101 cm³/mol. The third kappa shape index (κ3) is 5.19. The molecule has 1 aliphatic rings. The van der Waals surface area contributed by atoms with Crippen LogP contribution in [0.2, 0.25) is 0 Å². The summed E-state index contributed by atoms with van der Waals surface area (Å²) in [5.74, 6) is 0.519. The molecule has 29 heavy (non-hydrogen) atoms. The van der Waals surface area contributed by atoms with Crippen LogP contribution >= 0.6 is 0 Å². The quantitative estimate of drug-likeness (QED) is 0.747. The number of nitrogens with one attached hydrogen (secondary N) is 1. The smallest absolute Gasteiger partial charge is 0.416 e. The number of anilines is 1. The number of rotatable bonds is 4. The second-order valence-electron chi connectivity index (χ2n) is 6.73. The Morgan fingerprint density at radius 2 is 1.83 bits per heavy atom. The number of carbonyl (C=O) groups excluding carboxylic acids is 1. The molecular formula is C21H20F3N3O2. The summed E-state index contributed by atoms with van der Waals surface area (Å²) >= 11 is 0. The number of likely N-dealkylation sites (tertiary alicyclic amines) is 1. The van der Waals surface area contributed by atoms with E-state index in [0.717, 1.165) is 25.0 Å². The van der Waals surface area contributed by atoms with E-state index >= 15 is 0 Å². The highest BCUT2D eigenvalue weighted by molar-refractivity contribution is 5.89. The second kappa shape index (κ2) is 8.86.